The number of amides is 2. The Hall–Kier alpha value is -1.53. The maximum absolute atomic E-state index is 11.6. The zero-order valence-corrected chi connectivity index (χ0v) is 13.1. The van der Waals surface area contributed by atoms with Crippen molar-refractivity contribution in [2.24, 2.45) is 5.73 Å². The fourth-order valence-electron chi connectivity index (χ4n) is 1.60. The summed E-state index contributed by atoms with van der Waals surface area (Å²) in [6.07, 6.45) is 0.389. The molecule has 0 saturated heterocycles. The molecule has 1 aromatic carbocycles. The monoisotopic (exact) mass is 310 g/mol. The number of primary amides is 1. The molecule has 3 N–H and O–H groups in total. The van der Waals surface area contributed by atoms with Crippen molar-refractivity contribution in [3.05, 3.63) is 35.4 Å². The van der Waals surface area contributed by atoms with Crippen LogP contribution in [-0.2, 0) is 27.5 Å². The maximum atomic E-state index is 11.6. The van der Waals surface area contributed by atoms with Gasteiger partial charge in [-0.3, -0.25) is 9.59 Å². The molecule has 0 heterocycles. The highest BCUT2D eigenvalue weighted by atomic mass is 32.2. The van der Waals surface area contributed by atoms with Gasteiger partial charge in [-0.25, -0.2) is 0 Å². The smallest absolute Gasteiger partial charge is 0.227 e. The summed E-state index contributed by atoms with van der Waals surface area (Å²) < 4.78 is 5.32. The van der Waals surface area contributed by atoms with E-state index in [1.165, 1.54) is 11.8 Å². The summed E-state index contributed by atoms with van der Waals surface area (Å²) in [5.41, 5.74) is 7.19. The van der Waals surface area contributed by atoms with Gasteiger partial charge < -0.3 is 15.8 Å². The normalized spacial score (nSPS) is 10.3. The van der Waals surface area contributed by atoms with Crippen LogP contribution in [0.1, 0.15) is 24.5 Å². The highest BCUT2D eigenvalue weighted by Gasteiger charge is 2.03. The van der Waals surface area contributed by atoms with Gasteiger partial charge in [-0.2, -0.15) is 11.8 Å². The van der Waals surface area contributed by atoms with Gasteiger partial charge in [0.1, 0.15) is 0 Å². The van der Waals surface area contributed by atoms with Crippen LogP contribution >= 0.6 is 11.8 Å². The molecule has 21 heavy (non-hydrogen) atoms. The number of carbonyl (C=O) groups excluding carboxylic acids is 2. The van der Waals surface area contributed by atoms with Crippen molar-refractivity contribution >= 4 is 23.6 Å². The fraction of sp³-hybridized carbons (Fsp3) is 0.467. The zero-order chi connectivity index (χ0) is 15.5. The summed E-state index contributed by atoms with van der Waals surface area (Å²) in [6.45, 7) is 3.78. The third-order valence-electron chi connectivity index (χ3n) is 2.70. The molecular weight excluding hydrogens is 288 g/mol. The van der Waals surface area contributed by atoms with Crippen LogP contribution in [0, 0.1) is 0 Å². The first-order valence-corrected chi connectivity index (χ1v) is 8.05. The van der Waals surface area contributed by atoms with E-state index in [0.29, 0.717) is 31.9 Å². The predicted octanol–water partition coefficient (Wildman–Crippen LogP) is 1.45. The van der Waals surface area contributed by atoms with Gasteiger partial charge in [-0.15, -0.1) is 0 Å². The van der Waals surface area contributed by atoms with Crippen molar-refractivity contribution in [2.75, 3.05) is 18.1 Å². The Morgan fingerprint density at radius 2 is 1.90 bits per heavy atom. The number of ether oxygens (including phenoxy) is 1. The van der Waals surface area contributed by atoms with Crippen LogP contribution in [0.2, 0.25) is 0 Å². The van der Waals surface area contributed by atoms with Crippen LogP contribution in [-0.4, -0.2) is 29.9 Å². The summed E-state index contributed by atoms with van der Waals surface area (Å²) in [5, 5.41) is 2.85. The minimum absolute atomic E-state index is 0.0228. The molecule has 6 heteroatoms. The molecule has 0 aliphatic heterocycles. The van der Waals surface area contributed by atoms with E-state index < -0.39 is 0 Å². The number of hydrogen-bond donors (Lipinski definition) is 2. The third kappa shape index (κ3) is 8.37. The van der Waals surface area contributed by atoms with Gasteiger partial charge in [0.25, 0.3) is 0 Å². The van der Waals surface area contributed by atoms with Gasteiger partial charge in [0, 0.05) is 25.3 Å². The Balaban J connectivity index is 2.21. The van der Waals surface area contributed by atoms with Crippen molar-refractivity contribution in [1.29, 1.82) is 0 Å². The van der Waals surface area contributed by atoms with E-state index in [4.69, 9.17) is 10.5 Å². The molecule has 0 saturated carbocycles. The molecule has 0 aliphatic rings. The number of rotatable bonds is 10. The molecule has 2 amide bonds. The Labute approximate surface area is 129 Å². The van der Waals surface area contributed by atoms with Crippen LogP contribution in [0.25, 0.3) is 0 Å². The van der Waals surface area contributed by atoms with Gasteiger partial charge in [-0.1, -0.05) is 24.3 Å². The van der Waals surface area contributed by atoms with Gasteiger partial charge in [0.05, 0.1) is 12.4 Å². The second-order valence-corrected chi connectivity index (χ2v) is 5.60. The largest absolute Gasteiger partial charge is 0.377 e. The minimum Gasteiger partial charge on any atom is -0.377 e. The third-order valence-corrected chi connectivity index (χ3v) is 3.68. The van der Waals surface area contributed by atoms with Gasteiger partial charge in [0.15, 0.2) is 0 Å². The standard InChI is InChI=1S/C15H22N2O3S/c1-2-20-10-13-5-3-12(4-6-13)9-17-15(19)7-8-21-11-14(16)18/h3-6H,2,7-11H2,1H3,(H2,16,18)(H,17,19). The van der Waals surface area contributed by atoms with E-state index in [1.54, 1.807) is 0 Å². The van der Waals surface area contributed by atoms with Gasteiger partial charge in [-0.05, 0) is 18.1 Å². The van der Waals surface area contributed by atoms with E-state index in [0.717, 1.165) is 11.1 Å². The highest BCUT2D eigenvalue weighted by molar-refractivity contribution is 7.99. The lowest BCUT2D eigenvalue weighted by Crippen LogP contribution is -2.23. The number of thioether (sulfide) groups is 1. The van der Waals surface area contributed by atoms with Gasteiger partial charge in [0.2, 0.25) is 11.8 Å². The van der Waals surface area contributed by atoms with Crippen molar-refractivity contribution < 1.29 is 14.3 Å². The van der Waals surface area contributed by atoms with E-state index in [1.807, 2.05) is 31.2 Å². The highest BCUT2D eigenvalue weighted by Crippen LogP contribution is 2.06. The lowest BCUT2D eigenvalue weighted by atomic mass is 10.1. The number of nitrogens with one attached hydrogen (secondary N) is 1. The van der Waals surface area contributed by atoms with Gasteiger partial charge >= 0.3 is 0 Å². The molecule has 0 bridgehead atoms. The zero-order valence-electron chi connectivity index (χ0n) is 12.3. The summed E-state index contributed by atoms with van der Waals surface area (Å²) in [7, 11) is 0. The van der Waals surface area contributed by atoms with Crippen molar-refractivity contribution in [2.45, 2.75) is 26.5 Å². The molecule has 116 valence electrons. The van der Waals surface area contributed by atoms with Crippen LogP contribution < -0.4 is 11.1 Å². The summed E-state index contributed by atoms with van der Waals surface area (Å²) >= 11 is 1.37. The van der Waals surface area contributed by atoms with Crippen LogP contribution in [0.5, 0.6) is 0 Å². The first-order valence-electron chi connectivity index (χ1n) is 6.90. The van der Waals surface area contributed by atoms with Crippen LogP contribution in [0.3, 0.4) is 0 Å². The molecule has 1 rings (SSSR count). The number of hydrogen-bond acceptors (Lipinski definition) is 4. The average molecular weight is 310 g/mol. The van der Waals surface area contributed by atoms with E-state index in [2.05, 4.69) is 5.32 Å². The van der Waals surface area contributed by atoms with E-state index in [9.17, 15) is 9.59 Å². The summed E-state index contributed by atoms with van der Waals surface area (Å²) in [4.78, 5) is 22.1. The Morgan fingerprint density at radius 1 is 1.24 bits per heavy atom. The van der Waals surface area contributed by atoms with Crippen molar-refractivity contribution in [3.63, 3.8) is 0 Å². The molecule has 0 unspecified atom stereocenters. The molecule has 0 fully saturated rings. The SMILES string of the molecule is CCOCc1ccc(CNC(=O)CCSCC(N)=O)cc1. The molecule has 0 atom stereocenters. The lowest BCUT2D eigenvalue weighted by molar-refractivity contribution is -0.121. The fourth-order valence-corrected chi connectivity index (χ4v) is 2.28. The quantitative estimate of drug-likeness (QED) is 0.641. The van der Waals surface area contributed by atoms with Crippen molar-refractivity contribution in [3.8, 4) is 0 Å². The van der Waals surface area contributed by atoms with E-state index in [-0.39, 0.29) is 17.6 Å². The molecule has 0 aliphatic carbocycles. The first kappa shape index (κ1) is 17.5. The van der Waals surface area contributed by atoms with Crippen LogP contribution in [0.4, 0.5) is 0 Å². The number of carbonyl (C=O) groups is 2. The van der Waals surface area contributed by atoms with Crippen LogP contribution in [0.15, 0.2) is 24.3 Å². The second kappa shape index (κ2) is 10.2. The first-order chi connectivity index (χ1) is 10.1. The Morgan fingerprint density at radius 3 is 2.52 bits per heavy atom. The molecule has 1 aromatic rings. The average Bonchev–Trinajstić information content (AvgIpc) is 2.48. The molecule has 0 spiro atoms. The maximum Gasteiger partial charge on any atom is 0.227 e. The number of benzene rings is 1. The molecule has 0 aromatic heterocycles. The summed E-state index contributed by atoms with van der Waals surface area (Å²) in [5.74, 6) is 0.481. The molecule has 0 radical (unpaired) electrons. The molecular formula is C15H22N2O3S. The van der Waals surface area contributed by atoms with Crippen molar-refractivity contribution in [1.82, 2.24) is 5.32 Å². The Bertz CT molecular complexity index is 449. The minimum atomic E-state index is -0.354. The predicted molar refractivity (Wildman–Crippen MR) is 84.8 cm³/mol. The Kier molecular flexibility index (Phi) is 8.54. The second-order valence-electron chi connectivity index (χ2n) is 4.50. The number of nitrogens with two attached hydrogens (primary N) is 1. The summed E-state index contributed by atoms with van der Waals surface area (Å²) in [6, 6.07) is 7.96. The molecule has 5 nitrogen and oxygen atoms in total. The van der Waals surface area contributed by atoms with E-state index >= 15 is 0 Å². The topological polar surface area (TPSA) is 81.4 Å². The lowest BCUT2D eigenvalue weighted by Gasteiger charge is -2.07.